The molecule has 190 valence electrons. The molecule has 1 atom stereocenters. The number of piperidine rings is 1. The lowest BCUT2D eigenvalue weighted by molar-refractivity contribution is 0.262. The van der Waals surface area contributed by atoms with Crippen molar-refractivity contribution in [3.05, 3.63) is 94.0 Å². The summed E-state index contributed by atoms with van der Waals surface area (Å²) in [6.45, 7) is 11.7. The van der Waals surface area contributed by atoms with Crippen molar-refractivity contribution in [2.45, 2.75) is 25.7 Å². The molecular weight excluding hydrogens is 529 g/mol. The number of hydrogen-bond acceptors (Lipinski definition) is 5. The Kier molecular flexibility index (Phi) is 7.08. The second kappa shape index (κ2) is 10.3. The Morgan fingerprint density at radius 1 is 1.16 bits per heavy atom. The van der Waals surface area contributed by atoms with Gasteiger partial charge in [0.2, 0.25) is 0 Å². The van der Waals surface area contributed by atoms with Crippen molar-refractivity contribution in [2.24, 2.45) is 0 Å². The van der Waals surface area contributed by atoms with Gasteiger partial charge >= 0.3 is 0 Å². The summed E-state index contributed by atoms with van der Waals surface area (Å²) in [5.74, 6) is 1.81. The van der Waals surface area contributed by atoms with Crippen molar-refractivity contribution in [3.63, 3.8) is 0 Å². The third kappa shape index (κ3) is 4.77. The molecule has 6 nitrogen and oxygen atoms in total. The molecule has 1 aliphatic rings. The van der Waals surface area contributed by atoms with Gasteiger partial charge in [-0.3, -0.25) is 0 Å². The fraction of sp³-hybridized carbons (Fsp3) is 0.214. The Balaban J connectivity index is 1.56. The molecule has 0 aliphatic carbocycles. The topological polar surface area (TPSA) is 68.7 Å². The van der Waals surface area contributed by atoms with Crippen LogP contribution >= 0.6 is 34.8 Å². The lowest BCUT2D eigenvalue weighted by Crippen LogP contribution is -2.33. The van der Waals surface area contributed by atoms with Crippen molar-refractivity contribution >= 4 is 46.1 Å². The largest absolute Gasteiger partial charge is 0.457 e. The summed E-state index contributed by atoms with van der Waals surface area (Å²) in [5, 5.41) is 6.09. The number of fused-ring (bicyclic) bond motifs is 1. The molecular formula is C28H26Cl3N5O. The standard InChI is InChI=1S/C28H26Cl3N5O/c1-4-17(3)35-11-5-6-19(14-35)26-25(31)24(27-28(32)33-15-34-36(26)27)18-7-10-23(16(2)12-18)37-20-8-9-21(29)22(30)13-20/h4,7-10,12-13,15,19H,1,3,5-6,11,14H2,2H3,(H2,32,33,34). The zero-order chi connectivity index (χ0) is 26.3. The number of nitrogen functional groups attached to an aromatic ring is 1. The molecule has 0 bridgehead atoms. The molecule has 0 radical (unpaired) electrons. The first kappa shape index (κ1) is 25.5. The van der Waals surface area contributed by atoms with E-state index in [0.717, 1.165) is 54.0 Å². The molecule has 0 amide bonds. The minimum absolute atomic E-state index is 0.145. The van der Waals surface area contributed by atoms with Gasteiger partial charge in [-0.1, -0.05) is 54.0 Å². The predicted molar refractivity (Wildman–Crippen MR) is 152 cm³/mol. The number of hydrogen-bond donors (Lipinski definition) is 1. The number of aryl methyl sites for hydroxylation is 1. The Hall–Kier alpha value is -3.19. The molecule has 5 rings (SSSR count). The molecule has 2 aromatic heterocycles. The molecule has 0 saturated carbocycles. The molecule has 1 aliphatic heterocycles. The van der Waals surface area contributed by atoms with Gasteiger partial charge in [0, 0.05) is 36.3 Å². The van der Waals surface area contributed by atoms with Gasteiger partial charge in [-0.25, -0.2) is 9.50 Å². The Bertz CT molecular complexity index is 1530. The van der Waals surface area contributed by atoms with Gasteiger partial charge in [-0.15, -0.1) is 0 Å². The van der Waals surface area contributed by atoms with E-state index in [1.165, 1.54) is 6.33 Å². The number of anilines is 1. The summed E-state index contributed by atoms with van der Waals surface area (Å²) in [6, 6.07) is 11.1. The second-order valence-electron chi connectivity index (χ2n) is 9.12. The smallest absolute Gasteiger partial charge is 0.152 e. The number of benzene rings is 2. The van der Waals surface area contributed by atoms with Crippen LogP contribution in [0.3, 0.4) is 0 Å². The molecule has 37 heavy (non-hydrogen) atoms. The first-order valence-corrected chi connectivity index (χ1v) is 13.0. The average Bonchev–Trinajstić information content (AvgIpc) is 3.20. The van der Waals surface area contributed by atoms with E-state index in [-0.39, 0.29) is 5.92 Å². The predicted octanol–water partition coefficient (Wildman–Crippen LogP) is 7.92. The maximum absolute atomic E-state index is 7.14. The van der Waals surface area contributed by atoms with Crippen LogP contribution in [0.15, 0.2) is 67.7 Å². The minimum atomic E-state index is 0.145. The highest BCUT2D eigenvalue weighted by molar-refractivity contribution is 6.42. The van der Waals surface area contributed by atoms with Gasteiger partial charge in [0.05, 0.1) is 20.8 Å². The van der Waals surface area contributed by atoms with Gasteiger partial charge in [-0.2, -0.15) is 5.10 Å². The normalized spacial score (nSPS) is 15.7. The second-order valence-corrected chi connectivity index (χ2v) is 10.3. The zero-order valence-corrected chi connectivity index (χ0v) is 22.6. The van der Waals surface area contributed by atoms with Crippen LogP contribution in [0, 0.1) is 6.92 Å². The first-order valence-electron chi connectivity index (χ1n) is 11.9. The van der Waals surface area contributed by atoms with Crippen LogP contribution in [0.25, 0.3) is 16.6 Å². The molecule has 0 spiro atoms. The summed E-state index contributed by atoms with van der Waals surface area (Å²) in [6.07, 6.45) is 5.24. The van der Waals surface area contributed by atoms with Gasteiger partial charge < -0.3 is 15.4 Å². The number of allylic oxidation sites excluding steroid dienone is 1. The molecule has 1 fully saturated rings. The minimum Gasteiger partial charge on any atom is -0.457 e. The fourth-order valence-corrected chi connectivity index (χ4v) is 5.62. The number of nitrogens with zero attached hydrogens (tertiary/aromatic N) is 4. The van der Waals surface area contributed by atoms with E-state index < -0.39 is 0 Å². The van der Waals surface area contributed by atoms with Crippen LogP contribution in [0.5, 0.6) is 11.5 Å². The number of likely N-dealkylation sites (tertiary alicyclic amines) is 1. The van der Waals surface area contributed by atoms with Crippen LogP contribution in [0.1, 0.15) is 30.0 Å². The fourth-order valence-electron chi connectivity index (χ4n) is 4.90. The molecule has 9 heteroatoms. The lowest BCUT2D eigenvalue weighted by atomic mass is 9.93. The average molecular weight is 555 g/mol. The van der Waals surface area contributed by atoms with Crippen molar-refractivity contribution < 1.29 is 4.74 Å². The molecule has 2 N–H and O–H groups in total. The van der Waals surface area contributed by atoms with Crippen molar-refractivity contribution in [3.8, 4) is 22.6 Å². The van der Waals surface area contributed by atoms with E-state index in [1.54, 1.807) is 24.3 Å². The first-order chi connectivity index (χ1) is 17.8. The van der Waals surface area contributed by atoms with Crippen LogP contribution in [0.2, 0.25) is 15.1 Å². The van der Waals surface area contributed by atoms with Crippen LogP contribution in [-0.2, 0) is 0 Å². The van der Waals surface area contributed by atoms with E-state index in [1.807, 2.05) is 29.6 Å². The zero-order valence-electron chi connectivity index (χ0n) is 20.3. The van der Waals surface area contributed by atoms with E-state index in [2.05, 4.69) is 28.1 Å². The number of rotatable bonds is 6. The number of ether oxygens (including phenoxy) is 1. The number of halogens is 3. The monoisotopic (exact) mass is 553 g/mol. The van der Waals surface area contributed by atoms with E-state index in [9.17, 15) is 0 Å². The Labute approximate surface area is 230 Å². The molecule has 1 saturated heterocycles. The Morgan fingerprint density at radius 3 is 2.70 bits per heavy atom. The third-order valence-electron chi connectivity index (χ3n) is 6.76. The SMILES string of the molecule is C=CC(=C)N1CCCC(c2c(Cl)c(-c3ccc(Oc4ccc(Cl)c(Cl)c4)c(C)c3)c3c(N)ncnn23)C1. The lowest BCUT2D eigenvalue weighted by Gasteiger charge is -2.34. The summed E-state index contributed by atoms with van der Waals surface area (Å²) in [4.78, 5) is 6.50. The third-order valence-corrected chi connectivity index (χ3v) is 7.88. The maximum atomic E-state index is 7.14. The van der Waals surface area contributed by atoms with Crippen LogP contribution in [-0.4, -0.2) is 32.6 Å². The molecule has 3 heterocycles. The van der Waals surface area contributed by atoms with Crippen LogP contribution in [0.4, 0.5) is 5.82 Å². The maximum Gasteiger partial charge on any atom is 0.152 e. The van der Waals surface area contributed by atoms with Crippen LogP contribution < -0.4 is 10.5 Å². The summed E-state index contributed by atoms with van der Waals surface area (Å²) in [5.41, 5.74) is 11.5. The summed E-state index contributed by atoms with van der Waals surface area (Å²) >= 11 is 19.3. The highest BCUT2D eigenvalue weighted by Crippen LogP contribution is 2.44. The Morgan fingerprint density at radius 2 is 1.97 bits per heavy atom. The molecule has 1 unspecified atom stereocenters. The summed E-state index contributed by atoms with van der Waals surface area (Å²) in [7, 11) is 0. The van der Waals surface area contributed by atoms with E-state index in [4.69, 9.17) is 45.3 Å². The highest BCUT2D eigenvalue weighted by atomic mass is 35.5. The van der Waals surface area contributed by atoms with Crippen molar-refractivity contribution in [2.75, 3.05) is 18.8 Å². The quantitative estimate of drug-likeness (QED) is 0.245. The molecule has 2 aromatic carbocycles. The van der Waals surface area contributed by atoms with Crippen molar-refractivity contribution in [1.29, 1.82) is 0 Å². The number of nitrogens with two attached hydrogens (primary N) is 1. The summed E-state index contributed by atoms with van der Waals surface area (Å²) < 4.78 is 7.92. The van der Waals surface area contributed by atoms with Crippen molar-refractivity contribution in [1.82, 2.24) is 19.5 Å². The van der Waals surface area contributed by atoms with Gasteiger partial charge in [0.25, 0.3) is 0 Å². The van der Waals surface area contributed by atoms with E-state index >= 15 is 0 Å². The highest BCUT2D eigenvalue weighted by Gasteiger charge is 2.30. The van der Waals surface area contributed by atoms with E-state index in [0.29, 0.717) is 37.9 Å². The number of aromatic nitrogens is 3. The van der Waals surface area contributed by atoms with Gasteiger partial charge in [0.15, 0.2) is 5.82 Å². The van der Waals surface area contributed by atoms with Gasteiger partial charge in [0.1, 0.15) is 23.3 Å². The van der Waals surface area contributed by atoms with Gasteiger partial charge in [-0.05, 0) is 61.2 Å². The molecule has 4 aromatic rings.